The lowest BCUT2D eigenvalue weighted by atomic mass is 10.1. The number of nitrogen functional groups attached to an aromatic ring is 1. The van der Waals surface area contributed by atoms with Gasteiger partial charge in [-0.3, -0.25) is 19.6 Å². The molecular formula is C32H36N6O9. The van der Waals surface area contributed by atoms with Gasteiger partial charge in [0.1, 0.15) is 29.1 Å². The van der Waals surface area contributed by atoms with E-state index in [-0.39, 0.29) is 65.0 Å². The maximum Gasteiger partial charge on any atom is 0.327 e. The van der Waals surface area contributed by atoms with Crippen molar-refractivity contribution in [2.45, 2.75) is 65.0 Å². The third kappa shape index (κ3) is 8.71. The van der Waals surface area contributed by atoms with Gasteiger partial charge in [-0.15, -0.1) is 0 Å². The minimum absolute atomic E-state index is 0.0167. The maximum absolute atomic E-state index is 12.3. The molecule has 5 N–H and O–H groups in total. The zero-order chi connectivity index (χ0) is 34.5. The number of carbonyl (C=O) groups is 3. The van der Waals surface area contributed by atoms with Crippen LogP contribution in [0.4, 0.5) is 0 Å². The molecule has 47 heavy (non-hydrogen) atoms. The van der Waals surface area contributed by atoms with Crippen LogP contribution in [0.3, 0.4) is 0 Å². The smallest absolute Gasteiger partial charge is 0.327 e. The first-order chi connectivity index (χ1) is 22.1. The number of nitrogens with two attached hydrogens (primary N) is 1. The summed E-state index contributed by atoms with van der Waals surface area (Å²) in [6.07, 6.45) is -0.141. The Labute approximate surface area is 269 Å². The number of hydrogen-bond acceptors (Lipinski definition) is 11. The van der Waals surface area contributed by atoms with Gasteiger partial charge in [0.25, 0.3) is 5.88 Å². The fourth-order valence-corrected chi connectivity index (χ4v) is 4.69. The SMILES string of the molecule is COc1ccc(C(=N)N)cc1Oc1nc(Oc2cccc(CCC(=O)OC(C)(C)C)c2)c2nc(C)n(C(CCC(=O)O)C(=O)O)c2n1. The number of aromatic nitrogens is 4. The van der Waals surface area contributed by atoms with Crippen LogP contribution in [-0.4, -0.2) is 66.2 Å². The number of aliphatic carboxylic acids is 2. The van der Waals surface area contributed by atoms with E-state index in [2.05, 4.69) is 15.0 Å². The van der Waals surface area contributed by atoms with E-state index in [1.807, 2.05) is 6.07 Å². The number of carbonyl (C=O) groups excluding carboxylic acids is 1. The van der Waals surface area contributed by atoms with Crippen molar-refractivity contribution < 1.29 is 43.5 Å². The summed E-state index contributed by atoms with van der Waals surface area (Å²) in [5.41, 5.74) is 6.29. The van der Waals surface area contributed by atoms with Crippen molar-refractivity contribution in [1.29, 1.82) is 5.41 Å². The van der Waals surface area contributed by atoms with Gasteiger partial charge in [-0.05, 0) is 76.4 Å². The first kappa shape index (κ1) is 34.1. The molecule has 2 aromatic heterocycles. The van der Waals surface area contributed by atoms with Crippen molar-refractivity contribution in [2.75, 3.05) is 7.11 Å². The van der Waals surface area contributed by atoms with Crippen LogP contribution >= 0.6 is 0 Å². The second-order valence-electron chi connectivity index (χ2n) is 11.5. The molecule has 0 amide bonds. The normalized spacial score (nSPS) is 11.9. The minimum atomic E-state index is -1.33. The third-order valence-corrected chi connectivity index (χ3v) is 6.72. The number of hydrogen-bond donors (Lipinski definition) is 4. The number of esters is 1. The van der Waals surface area contributed by atoms with Crippen LogP contribution in [0.2, 0.25) is 0 Å². The molecule has 0 saturated carbocycles. The van der Waals surface area contributed by atoms with Crippen LogP contribution in [-0.2, 0) is 25.5 Å². The first-order valence-corrected chi connectivity index (χ1v) is 14.5. The number of fused-ring (bicyclic) bond motifs is 1. The number of nitrogens with zero attached hydrogens (tertiary/aromatic N) is 4. The number of ether oxygens (including phenoxy) is 4. The molecule has 1 atom stereocenters. The Morgan fingerprint density at radius 3 is 2.38 bits per heavy atom. The Bertz CT molecular complexity index is 1830. The second-order valence-corrected chi connectivity index (χ2v) is 11.5. The van der Waals surface area contributed by atoms with E-state index in [0.29, 0.717) is 17.7 Å². The van der Waals surface area contributed by atoms with Crippen LogP contribution in [0.5, 0.6) is 29.1 Å². The summed E-state index contributed by atoms with van der Waals surface area (Å²) in [5, 5.41) is 27.1. The van der Waals surface area contributed by atoms with Gasteiger partial charge in [-0.25, -0.2) is 9.78 Å². The zero-order valence-electron chi connectivity index (χ0n) is 26.6. The Morgan fingerprint density at radius 1 is 1.00 bits per heavy atom. The molecule has 0 aliphatic carbocycles. The zero-order valence-corrected chi connectivity index (χ0v) is 26.6. The quantitative estimate of drug-likeness (QED) is 0.0822. The van der Waals surface area contributed by atoms with Gasteiger partial charge in [-0.1, -0.05) is 12.1 Å². The average Bonchev–Trinajstić information content (AvgIpc) is 3.31. The Morgan fingerprint density at radius 2 is 1.74 bits per heavy atom. The van der Waals surface area contributed by atoms with E-state index in [1.54, 1.807) is 58.0 Å². The number of methoxy groups -OCH3 is 1. The van der Waals surface area contributed by atoms with E-state index >= 15 is 0 Å². The molecule has 4 rings (SSSR count). The van der Waals surface area contributed by atoms with E-state index in [0.717, 1.165) is 5.56 Å². The molecule has 4 aromatic rings. The van der Waals surface area contributed by atoms with Crippen molar-refractivity contribution in [2.24, 2.45) is 5.73 Å². The van der Waals surface area contributed by atoms with Crippen LogP contribution in [0.15, 0.2) is 42.5 Å². The predicted octanol–water partition coefficient (Wildman–Crippen LogP) is 4.78. The molecule has 15 nitrogen and oxygen atoms in total. The Hall–Kier alpha value is -5.73. The van der Waals surface area contributed by atoms with Gasteiger partial charge >= 0.3 is 23.9 Å². The van der Waals surface area contributed by atoms with Gasteiger partial charge in [0, 0.05) is 18.4 Å². The minimum Gasteiger partial charge on any atom is -0.493 e. The predicted molar refractivity (Wildman–Crippen MR) is 168 cm³/mol. The van der Waals surface area contributed by atoms with Crippen molar-refractivity contribution in [1.82, 2.24) is 19.5 Å². The molecule has 1 unspecified atom stereocenters. The van der Waals surface area contributed by atoms with Gasteiger partial charge in [0.05, 0.1) is 7.11 Å². The lowest BCUT2D eigenvalue weighted by Gasteiger charge is -2.19. The molecule has 0 aliphatic rings. The van der Waals surface area contributed by atoms with E-state index in [4.69, 9.17) is 30.1 Å². The number of benzene rings is 2. The summed E-state index contributed by atoms with van der Waals surface area (Å²) in [5.74, 6) is -2.16. The molecule has 248 valence electrons. The average molecular weight is 649 g/mol. The third-order valence-electron chi connectivity index (χ3n) is 6.72. The van der Waals surface area contributed by atoms with Crippen LogP contribution in [0, 0.1) is 12.3 Å². The molecule has 2 aromatic carbocycles. The topological polar surface area (TPSA) is 222 Å². The number of aryl methyl sites for hydroxylation is 2. The van der Waals surface area contributed by atoms with Crippen LogP contribution in [0.1, 0.15) is 63.0 Å². The van der Waals surface area contributed by atoms with Gasteiger partial charge in [-0.2, -0.15) is 9.97 Å². The highest BCUT2D eigenvalue weighted by Crippen LogP contribution is 2.36. The van der Waals surface area contributed by atoms with Gasteiger partial charge in [0.15, 0.2) is 22.7 Å². The fraction of sp³-hybridized carbons (Fsp3) is 0.344. The van der Waals surface area contributed by atoms with E-state index in [9.17, 15) is 24.6 Å². The standard InChI is InChI=1S/C32H36N6O9/c1-17-35-26-28(38(17)21(30(42)43)11-13-24(39)40)36-31(46-23-16-19(27(33)34)10-12-22(23)44-5)37-29(26)45-20-8-6-7-18(15-20)9-14-25(41)47-32(2,3)4/h6-8,10,12,15-16,21H,9,11,13-14H2,1-5H3,(H3,33,34)(H,39,40)(H,42,43). The maximum atomic E-state index is 12.3. The largest absolute Gasteiger partial charge is 0.493 e. The van der Waals surface area contributed by atoms with Crippen molar-refractivity contribution in [3.05, 3.63) is 59.4 Å². The molecule has 0 radical (unpaired) electrons. The Kier molecular flexibility index (Phi) is 10.3. The summed E-state index contributed by atoms with van der Waals surface area (Å²) < 4.78 is 24.3. The molecule has 2 heterocycles. The van der Waals surface area contributed by atoms with E-state index in [1.165, 1.54) is 17.7 Å². The van der Waals surface area contributed by atoms with Crippen molar-refractivity contribution in [3.8, 4) is 29.1 Å². The molecule has 0 spiro atoms. The first-order valence-electron chi connectivity index (χ1n) is 14.5. The number of carboxylic acids is 2. The summed E-state index contributed by atoms with van der Waals surface area (Å²) in [6.45, 7) is 6.94. The van der Waals surface area contributed by atoms with Crippen molar-refractivity contribution >= 4 is 34.9 Å². The summed E-state index contributed by atoms with van der Waals surface area (Å²) in [6, 6.07) is 9.91. The summed E-state index contributed by atoms with van der Waals surface area (Å²) >= 11 is 0. The lowest BCUT2D eigenvalue weighted by Crippen LogP contribution is -2.24. The number of carboxylic acid groups (broad SMARTS) is 2. The highest BCUT2D eigenvalue weighted by atomic mass is 16.6. The number of nitrogens with one attached hydrogen (secondary N) is 1. The number of amidine groups is 1. The number of imidazole rings is 1. The van der Waals surface area contributed by atoms with E-state index < -0.39 is 30.0 Å². The molecule has 0 bridgehead atoms. The lowest BCUT2D eigenvalue weighted by molar-refractivity contribution is -0.154. The Balaban J connectivity index is 1.79. The summed E-state index contributed by atoms with van der Waals surface area (Å²) in [4.78, 5) is 49.3. The van der Waals surface area contributed by atoms with Crippen molar-refractivity contribution in [3.63, 3.8) is 0 Å². The van der Waals surface area contributed by atoms with Crippen LogP contribution in [0.25, 0.3) is 11.2 Å². The molecular weight excluding hydrogens is 612 g/mol. The fourth-order valence-electron chi connectivity index (χ4n) is 4.69. The monoisotopic (exact) mass is 648 g/mol. The number of rotatable bonds is 14. The van der Waals surface area contributed by atoms with Gasteiger partial charge in [0.2, 0.25) is 0 Å². The second kappa shape index (κ2) is 14.1. The molecule has 15 heteroatoms. The van der Waals surface area contributed by atoms with Crippen LogP contribution < -0.4 is 19.9 Å². The summed E-state index contributed by atoms with van der Waals surface area (Å²) in [7, 11) is 1.42. The molecule has 0 saturated heterocycles. The highest BCUT2D eigenvalue weighted by Gasteiger charge is 2.28. The highest BCUT2D eigenvalue weighted by molar-refractivity contribution is 5.95. The molecule has 0 fully saturated rings. The molecule has 0 aliphatic heterocycles. The van der Waals surface area contributed by atoms with Gasteiger partial charge < -0.3 is 34.9 Å².